The second-order valence-electron chi connectivity index (χ2n) is 7.20. The maximum absolute atomic E-state index is 12.7. The van der Waals surface area contributed by atoms with Gasteiger partial charge in [-0.15, -0.1) is 0 Å². The number of nitrogens with one attached hydrogen (secondary N) is 2. The number of methoxy groups -OCH3 is 1. The number of carbonyl (C=O) groups excluding carboxylic acids is 2. The molecule has 1 heterocycles. The van der Waals surface area contributed by atoms with Crippen LogP contribution in [0, 0.1) is 0 Å². The fraction of sp³-hybridized carbons (Fsp3) is 0.333. The van der Waals surface area contributed by atoms with Gasteiger partial charge < -0.3 is 19.7 Å². The SMILES string of the molecule is COCC(C)NS(=O)(=O)c1ccc(NC(=O)C2CN(C(C)=O)c3ccccc3O2)cc1. The zero-order valence-electron chi connectivity index (χ0n) is 17.5. The van der Waals surface area contributed by atoms with Gasteiger partial charge in [0.1, 0.15) is 5.75 Å². The summed E-state index contributed by atoms with van der Waals surface area (Å²) in [5, 5.41) is 2.70. The van der Waals surface area contributed by atoms with Gasteiger partial charge in [-0.2, -0.15) is 0 Å². The average Bonchev–Trinajstić information content (AvgIpc) is 2.73. The molecular formula is C21H25N3O6S. The van der Waals surface area contributed by atoms with Gasteiger partial charge in [-0.05, 0) is 43.3 Å². The Morgan fingerprint density at radius 2 is 1.87 bits per heavy atom. The third-order valence-electron chi connectivity index (χ3n) is 4.65. The Hall–Kier alpha value is -2.95. The summed E-state index contributed by atoms with van der Waals surface area (Å²) in [5.41, 5.74) is 1.02. The van der Waals surface area contributed by atoms with Gasteiger partial charge in [-0.25, -0.2) is 13.1 Å². The van der Waals surface area contributed by atoms with Crippen LogP contribution >= 0.6 is 0 Å². The minimum absolute atomic E-state index is 0.0686. The van der Waals surface area contributed by atoms with Crippen molar-refractivity contribution < 1.29 is 27.5 Å². The Balaban J connectivity index is 1.69. The fourth-order valence-electron chi connectivity index (χ4n) is 3.23. The smallest absolute Gasteiger partial charge is 0.267 e. The summed E-state index contributed by atoms with van der Waals surface area (Å²) < 4.78 is 38.0. The minimum atomic E-state index is -3.71. The van der Waals surface area contributed by atoms with Crippen molar-refractivity contribution in [2.75, 3.05) is 30.5 Å². The molecule has 0 saturated heterocycles. The zero-order chi connectivity index (χ0) is 22.6. The number of hydrogen-bond acceptors (Lipinski definition) is 6. The van der Waals surface area contributed by atoms with Crippen molar-refractivity contribution in [2.24, 2.45) is 0 Å². The van der Waals surface area contributed by atoms with E-state index in [1.807, 2.05) is 0 Å². The Kier molecular flexibility index (Phi) is 6.94. The number of carbonyl (C=O) groups is 2. The molecule has 2 N–H and O–H groups in total. The van der Waals surface area contributed by atoms with E-state index in [0.717, 1.165) is 0 Å². The van der Waals surface area contributed by atoms with Gasteiger partial charge >= 0.3 is 0 Å². The van der Waals surface area contributed by atoms with Gasteiger partial charge in [0.2, 0.25) is 15.9 Å². The molecule has 9 nitrogen and oxygen atoms in total. The van der Waals surface area contributed by atoms with Crippen LogP contribution in [0.4, 0.5) is 11.4 Å². The van der Waals surface area contributed by atoms with Crippen LogP contribution in [0.1, 0.15) is 13.8 Å². The summed E-state index contributed by atoms with van der Waals surface area (Å²) in [6.45, 7) is 3.45. The summed E-state index contributed by atoms with van der Waals surface area (Å²) in [6.07, 6.45) is -0.904. The maximum atomic E-state index is 12.7. The van der Waals surface area contributed by atoms with Crippen LogP contribution in [0.2, 0.25) is 0 Å². The molecule has 0 aromatic heterocycles. The number of ether oxygens (including phenoxy) is 2. The molecule has 10 heteroatoms. The molecule has 1 aliphatic heterocycles. The van der Waals surface area contributed by atoms with Crippen LogP contribution in [-0.4, -0.2) is 52.6 Å². The summed E-state index contributed by atoms with van der Waals surface area (Å²) in [7, 11) is -2.22. The van der Waals surface area contributed by atoms with E-state index in [0.29, 0.717) is 17.1 Å². The van der Waals surface area contributed by atoms with Gasteiger partial charge in [0.15, 0.2) is 6.10 Å². The van der Waals surface area contributed by atoms with Crippen LogP contribution in [-0.2, 0) is 24.3 Å². The first-order chi connectivity index (χ1) is 14.7. The third kappa shape index (κ3) is 5.40. The molecule has 1 aliphatic rings. The molecule has 0 radical (unpaired) electrons. The Morgan fingerprint density at radius 3 is 2.52 bits per heavy atom. The van der Waals surface area contributed by atoms with Crippen molar-refractivity contribution in [3.05, 3.63) is 48.5 Å². The molecule has 3 rings (SSSR count). The molecule has 0 aliphatic carbocycles. The highest BCUT2D eigenvalue weighted by Gasteiger charge is 2.32. The predicted octanol–water partition coefficient (Wildman–Crippen LogP) is 1.75. The molecule has 166 valence electrons. The lowest BCUT2D eigenvalue weighted by Gasteiger charge is -2.33. The lowest BCUT2D eigenvalue weighted by atomic mass is 10.1. The van der Waals surface area contributed by atoms with E-state index < -0.39 is 22.0 Å². The number of para-hydroxylation sites is 2. The number of anilines is 2. The van der Waals surface area contributed by atoms with Crippen molar-refractivity contribution in [1.82, 2.24) is 4.72 Å². The van der Waals surface area contributed by atoms with E-state index in [1.54, 1.807) is 31.2 Å². The largest absolute Gasteiger partial charge is 0.476 e. The first-order valence-corrected chi connectivity index (χ1v) is 11.2. The quantitative estimate of drug-likeness (QED) is 0.669. The van der Waals surface area contributed by atoms with Crippen molar-refractivity contribution >= 4 is 33.2 Å². The molecule has 0 spiro atoms. The summed E-state index contributed by atoms with van der Waals surface area (Å²) >= 11 is 0. The van der Waals surface area contributed by atoms with E-state index in [9.17, 15) is 18.0 Å². The fourth-order valence-corrected chi connectivity index (χ4v) is 4.45. The molecular weight excluding hydrogens is 422 g/mol. The van der Waals surface area contributed by atoms with Gasteiger partial charge in [0.05, 0.1) is 23.7 Å². The molecule has 2 aromatic carbocycles. The van der Waals surface area contributed by atoms with Crippen molar-refractivity contribution in [3.8, 4) is 5.75 Å². The van der Waals surface area contributed by atoms with Crippen LogP contribution in [0.3, 0.4) is 0 Å². The van der Waals surface area contributed by atoms with E-state index >= 15 is 0 Å². The van der Waals surface area contributed by atoms with Crippen molar-refractivity contribution in [1.29, 1.82) is 0 Å². The number of amides is 2. The van der Waals surface area contributed by atoms with E-state index in [-0.39, 0.29) is 30.0 Å². The molecule has 31 heavy (non-hydrogen) atoms. The second kappa shape index (κ2) is 9.46. The summed E-state index contributed by atoms with van der Waals surface area (Å²) in [6, 6.07) is 12.4. The van der Waals surface area contributed by atoms with Gasteiger partial charge in [-0.3, -0.25) is 9.59 Å². The number of sulfonamides is 1. The number of hydrogen-bond donors (Lipinski definition) is 2. The number of rotatable bonds is 7. The van der Waals surface area contributed by atoms with Crippen LogP contribution in [0.15, 0.2) is 53.4 Å². The number of benzene rings is 2. The monoisotopic (exact) mass is 447 g/mol. The Morgan fingerprint density at radius 1 is 1.19 bits per heavy atom. The number of nitrogens with zero attached hydrogens (tertiary/aromatic N) is 1. The minimum Gasteiger partial charge on any atom is -0.476 e. The second-order valence-corrected chi connectivity index (χ2v) is 8.91. The average molecular weight is 448 g/mol. The first kappa shape index (κ1) is 22.7. The molecule has 0 saturated carbocycles. The van der Waals surface area contributed by atoms with E-state index in [4.69, 9.17) is 9.47 Å². The summed E-state index contributed by atoms with van der Waals surface area (Å²) in [4.78, 5) is 26.3. The van der Waals surface area contributed by atoms with Crippen LogP contribution in [0.5, 0.6) is 5.75 Å². The highest BCUT2D eigenvalue weighted by molar-refractivity contribution is 7.89. The molecule has 0 bridgehead atoms. The maximum Gasteiger partial charge on any atom is 0.267 e. The predicted molar refractivity (Wildman–Crippen MR) is 116 cm³/mol. The standard InChI is InChI=1S/C21H25N3O6S/c1-14(13-29-3)23-31(27,28)17-10-8-16(9-11-17)22-21(26)20-12-24(15(2)25)18-6-4-5-7-19(18)30-20/h4-11,14,20,23H,12-13H2,1-3H3,(H,22,26). The van der Waals surface area contributed by atoms with Crippen LogP contribution in [0.25, 0.3) is 0 Å². The van der Waals surface area contributed by atoms with Gasteiger partial charge in [0, 0.05) is 25.8 Å². The zero-order valence-corrected chi connectivity index (χ0v) is 18.3. The molecule has 0 fully saturated rings. The van der Waals surface area contributed by atoms with E-state index in [2.05, 4.69) is 10.0 Å². The lowest BCUT2D eigenvalue weighted by Crippen LogP contribution is -2.48. The van der Waals surface area contributed by atoms with Crippen molar-refractivity contribution in [2.45, 2.75) is 30.9 Å². The first-order valence-electron chi connectivity index (χ1n) is 9.67. The number of fused-ring (bicyclic) bond motifs is 1. The normalized spacial score (nSPS) is 16.7. The summed E-state index contributed by atoms with van der Waals surface area (Å²) in [5.74, 6) is -0.191. The van der Waals surface area contributed by atoms with Crippen molar-refractivity contribution in [3.63, 3.8) is 0 Å². The highest BCUT2D eigenvalue weighted by atomic mass is 32.2. The van der Waals surface area contributed by atoms with Gasteiger partial charge in [-0.1, -0.05) is 12.1 Å². The lowest BCUT2D eigenvalue weighted by molar-refractivity contribution is -0.123. The van der Waals surface area contributed by atoms with Gasteiger partial charge in [0.25, 0.3) is 5.91 Å². The Bertz CT molecular complexity index is 1060. The molecule has 2 unspecified atom stereocenters. The third-order valence-corrected chi connectivity index (χ3v) is 6.26. The molecule has 2 amide bonds. The van der Waals surface area contributed by atoms with E-state index in [1.165, 1.54) is 43.2 Å². The Labute approximate surface area is 181 Å². The molecule has 2 atom stereocenters. The topological polar surface area (TPSA) is 114 Å². The molecule has 2 aromatic rings. The van der Waals surface area contributed by atoms with Crippen LogP contribution < -0.4 is 19.7 Å². The highest BCUT2D eigenvalue weighted by Crippen LogP contribution is 2.33.